The largest absolute Gasteiger partial charge is 0.491 e. The van der Waals surface area contributed by atoms with Crippen LogP contribution in [0, 0.1) is 0 Å². The molecule has 0 aromatic heterocycles. The molecule has 13 nitrogen and oxygen atoms in total. The van der Waals surface area contributed by atoms with Gasteiger partial charge in [0.2, 0.25) is 0 Å². The number of carbonyl (C=O) groups is 1. The van der Waals surface area contributed by atoms with E-state index in [1.165, 1.54) is 44.1 Å². The van der Waals surface area contributed by atoms with E-state index >= 15 is 0 Å². The molecular formula is C45H75NO12. The summed E-state index contributed by atoms with van der Waals surface area (Å²) in [6.45, 7) is 14.7. The minimum atomic E-state index is -0.360. The number of anilines is 1. The second-order valence-electron chi connectivity index (χ2n) is 13.5. The van der Waals surface area contributed by atoms with E-state index in [0.29, 0.717) is 131 Å². The lowest BCUT2D eigenvalue weighted by molar-refractivity contribution is -0.0262. The third-order valence-electron chi connectivity index (χ3n) is 8.66. The first-order chi connectivity index (χ1) is 28.7. The molecule has 0 amide bonds. The van der Waals surface area contributed by atoms with Crippen molar-refractivity contribution in [2.75, 3.05) is 144 Å². The molecular weight excluding hydrogens is 746 g/mol. The first-order valence-electron chi connectivity index (χ1n) is 21.6. The van der Waals surface area contributed by atoms with Crippen LogP contribution in [-0.4, -0.2) is 145 Å². The molecule has 2 aromatic carbocycles. The summed E-state index contributed by atoms with van der Waals surface area (Å²) in [5.74, 6) is 0.521. The highest BCUT2D eigenvalue weighted by Gasteiger charge is 2.07. The first-order valence-corrected chi connectivity index (χ1v) is 21.6. The number of aryl methyl sites for hydroxylation is 1. The van der Waals surface area contributed by atoms with E-state index in [2.05, 4.69) is 31.3 Å². The molecule has 0 bridgehead atoms. The van der Waals surface area contributed by atoms with Crippen LogP contribution in [0.2, 0.25) is 0 Å². The van der Waals surface area contributed by atoms with Crippen LogP contribution in [0.1, 0.15) is 81.1 Å². The van der Waals surface area contributed by atoms with E-state index in [-0.39, 0.29) is 12.6 Å². The minimum Gasteiger partial charge on any atom is -0.491 e. The maximum atomic E-state index is 12.2. The zero-order chi connectivity index (χ0) is 41.2. The highest BCUT2D eigenvalue weighted by atomic mass is 16.6. The van der Waals surface area contributed by atoms with Crippen molar-refractivity contribution >= 4 is 11.7 Å². The third-order valence-corrected chi connectivity index (χ3v) is 8.66. The topological polar surface area (TPSA) is 131 Å². The number of hydrogen-bond acceptors (Lipinski definition) is 13. The van der Waals surface area contributed by atoms with Gasteiger partial charge in [-0.25, -0.2) is 4.79 Å². The number of unbranched alkanes of at least 4 members (excludes halogenated alkanes) is 6. The van der Waals surface area contributed by atoms with Gasteiger partial charge < -0.3 is 57.4 Å². The number of ether oxygens (including phenoxy) is 11. The van der Waals surface area contributed by atoms with Gasteiger partial charge in [-0.15, -0.1) is 0 Å². The Balaban J connectivity index is 1.20. The summed E-state index contributed by atoms with van der Waals surface area (Å²) in [5, 5.41) is 3.32. The second-order valence-corrected chi connectivity index (χ2v) is 13.5. The van der Waals surface area contributed by atoms with Crippen LogP contribution in [0.5, 0.6) is 5.75 Å². The van der Waals surface area contributed by atoms with E-state index in [0.717, 1.165) is 37.2 Å². The average molecular weight is 822 g/mol. The fourth-order valence-electron chi connectivity index (χ4n) is 5.35. The molecule has 332 valence electrons. The molecule has 2 aromatic rings. The van der Waals surface area contributed by atoms with Gasteiger partial charge in [0.1, 0.15) is 19.0 Å². The average Bonchev–Trinajstić information content (AvgIpc) is 3.24. The Morgan fingerprint density at radius 3 is 1.28 bits per heavy atom. The third kappa shape index (κ3) is 31.1. The van der Waals surface area contributed by atoms with Gasteiger partial charge in [0, 0.05) is 12.2 Å². The fourth-order valence-corrected chi connectivity index (χ4v) is 5.35. The normalized spacial score (nSPS) is 11.3. The van der Waals surface area contributed by atoms with Crippen molar-refractivity contribution in [1.82, 2.24) is 0 Å². The van der Waals surface area contributed by atoms with Gasteiger partial charge in [-0.05, 0) is 61.2 Å². The van der Waals surface area contributed by atoms with E-state index in [1.807, 2.05) is 24.3 Å². The molecule has 58 heavy (non-hydrogen) atoms. The highest BCUT2D eigenvalue weighted by Crippen LogP contribution is 2.15. The van der Waals surface area contributed by atoms with Crippen molar-refractivity contribution in [3.8, 4) is 5.75 Å². The molecule has 2 rings (SSSR count). The molecule has 0 unspecified atom stereocenters. The maximum Gasteiger partial charge on any atom is 0.338 e. The van der Waals surface area contributed by atoms with Gasteiger partial charge in [-0.2, -0.15) is 0 Å². The quantitative estimate of drug-likeness (QED) is 0.0536. The summed E-state index contributed by atoms with van der Waals surface area (Å²) < 4.78 is 60.7. The van der Waals surface area contributed by atoms with E-state index in [4.69, 9.17) is 52.1 Å². The number of rotatable bonds is 43. The maximum absolute atomic E-state index is 12.2. The molecule has 0 radical (unpaired) electrons. The van der Waals surface area contributed by atoms with Crippen LogP contribution < -0.4 is 10.1 Å². The Morgan fingerprint density at radius 2 is 0.828 bits per heavy atom. The van der Waals surface area contributed by atoms with Gasteiger partial charge >= 0.3 is 5.97 Å². The summed E-state index contributed by atoms with van der Waals surface area (Å²) >= 11 is 0. The molecule has 0 saturated carbocycles. The van der Waals surface area contributed by atoms with Crippen molar-refractivity contribution in [1.29, 1.82) is 0 Å². The van der Waals surface area contributed by atoms with Crippen LogP contribution in [-0.2, 0) is 53.8 Å². The van der Waals surface area contributed by atoms with Crippen LogP contribution in [0.4, 0.5) is 5.69 Å². The summed E-state index contributed by atoms with van der Waals surface area (Å²) in [6, 6.07) is 15.7. The Kier molecular flexibility index (Phi) is 35.0. The number of benzene rings is 2. The lowest BCUT2D eigenvalue weighted by Gasteiger charge is -2.09. The number of hydrogen-bond donors (Lipinski definition) is 1. The first kappa shape index (κ1) is 51.3. The molecule has 0 heterocycles. The monoisotopic (exact) mass is 822 g/mol. The van der Waals surface area contributed by atoms with Gasteiger partial charge in [-0.1, -0.05) is 64.5 Å². The predicted octanol–water partition coefficient (Wildman–Crippen LogP) is 7.19. The molecule has 1 N–H and O–H groups in total. The van der Waals surface area contributed by atoms with Crippen LogP contribution in [0.25, 0.3) is 0 Å². The van der Waals surface area contributed by atoms with Gasteiger partial charge in [0.15, 0.2) is 0 Å². The van der Waals surface area contributed by atoms with Crippen molar-refractivity contribution in [3.63, 3.8) is 0 Å². The Labute approximate surface area is 348 Å². The summed E-state index contributed by atoms with van der Waals surface area (Å²) in [4.78, 5) is 12.2. The molecule has 0 fully saturated rings. The number of carbonyl (C=O) groups excluding carboxylic acids is 1. The number of esters is 1. The van der Waals surface area contributed by atoms with Crippen molar-refractivity contribution in [2.45, 2.75) is 71.6 Å². The molecule has 0 aliphatic heterocycles. The van der Waals surface area contributed by atoms with Crippen molar-refractivity contribution < 1.29 is 56.9 Å². The minimum absolute atomic E-state index is 0.190. The Bertz CT molecular complexity index is 1170. The van der Waals surface area contributed by atoms with Crippen LogP contribution in [0.15, 0.2) is 48.5 Å². The lowest BCUT2D eigenvalue weighted by Crippen LogP contribution is -2.15. The smallest absolute Gasteiger partial charge is 0.338 e. The van der Waals surface area contributed by atoms with E-state index in [1.54, 1.807) is 12.1 Å². The summed E-state index contributed by atoms with van der Waals surface area (Å²) in [5.41, 5.74) is 2.89. The molecule has 0 atom stereocenters. The molecule has 0 saturated heterocycles. The molecule has 0 spiro atoms. The summed E-state index contributed by atoms with van der Waals surface area (Å²) in [6.07, 6.45) is 11.3. The van der Waals surface area contributed by atoms with Gasteiger partial charge in [0.25, 0.3) is 0 Å². The highest BCUT2D eigenvalue weighted by molar-refractivity contribution is 5.89. The fraction of sp³-hybridized carbons (Fsp3) is 0.711. The Hall–Kier alpha value is -2.85. The standard InChI is InChI=1S/C45H75NO12/c1-3-5-7-8-9-10-11-41-12-18-44(19-13-41)57-39-37-55-35-33-53-31-29-51-27-25-49-23-21-48-22-24-50-26-28-52-30-32-54-34-36-56-38-40-58-45(47)42-14-16-43(17-15-42)46-20-6-4-2/h12-19,46H,3-11,20-40H2,1-2H3. The SMILES string of the molecule is CCCCCCCCc1ccc(OCCOCCOCCOCCOCCOCCOCCOCCOCCOCCOC(=O)c2ccc(NCCCC)cc2)cc1. The zero-order valence-electron chi connectivity index (χ0n) is 35.7. The van der Waals surface area contributed by atoms with E-state index in [9.17, 15) is 4.79 Å². The van der Waals surface area contributed by atoms with Gasteiger partial charge in [-0.3, -0.25) is 0 Å². The Morgan fingerprint density at radius 1 is 0.431 bits per heavy atom. The molecule has 0 aliphatic carbocycles. The lowest BCUT2D eigenvalue weighted by atomic mass is 10.0. The predicted molar refractivity (Wildman–Crippen MR) is 227 cm³/mol. The number of nitrogens with one attached hydrogen (secondary N) is 1. The van der Waals surface area contributed by atoms with E-state index < -0.39 is 0 Å². The van der Waals surface area contributed by atoms with Crippen LogP contribution >= 0.6 is 0 Å². The van der Waals surface area contributed by atoms with Crippen LogP contribution in [0.3, 0.4) is 0 Å². The second kappa shape index (κ2) is 39.6. The van der Waals surface area contributed by atoms with Gasteiger partial charge in [0.05, 0.1) is 124 Å². The zero-order valence-corrected chi connectivity index (χ0v) is 35.7. The molecule has 0 aliphatic rings. The van der Waals surface area contributed by atoms with Crippen molar-refractivity contribution in [3.05, 3.63) is 59.7 Å². The summed E-state index contributed by atoms with van der Waals surface area (Å²) in [7, 11) is 0. The van der Waals surface area contributed by atoms with Crippen molar-refractivity contribution in [2.24, 2.45) is 0 Å². The molecule has 13 heteroatoms.